The number of aromatic amines is 1. The molecule has 1 aromatic carbocycles. The molecule has 2 saturated carbocycles. The number of hydrogen-bond donors (Lipinski definition) is 4. The van der Waals surface area contributed by atoms with E-state index < -0.39 is 45.2 Å². The Hall–Kier alpha value is -6.29. The van der Waals surface area contributed by atoms with E-state index in [4.69, 9.17) is 16.3 Å². The number of carbonyl (C=O) groups is 2. The molecule has 5 heterocycles. The summed E-state index contributed by atoms with van der Waals surface area (Å²) >= 11 is 6.62. The van der Waals surface area contributed by atoms with Crippen molar-refractivity contribution in [2.24, 2.45) is 0 Å². The highest BCUT2D eigenvalue weighted by Crippen LogP contribution is 2.44. The highest BCUT2D eigenvalue weighted by molar-refractivity contribution is 6.35. The Morgan fingerprint density at radius 1 is 0.900 bits per heavy atom. The van der Waals surface area contributed by atoms with Crippen molar-refractivity contribution in [2.75, 3.05) is 13.7 Å². The van der Waals surface area contributed by atoms with Crippen LogP contribution in [0.2, 0.25) is 5.02 Å². The van der Waals surface area contributed by atoms with Gasteiger partial charge in [0.2, 0.25) is 0 Å². The van der Waals surface area contributed by atoms with Gasteiger partial charge < -0.3 is 25.0 Å². The second-order valence-electron chi connectivity index (χ2n) is 16.7. The van der Waals surface area contributed by atoms with E-state index >= 15 is 0 Å². The minimum absolute atomic E-state index is 0.128. The SMILES string of the molecule is CNC(=O)c1nn(CC2(c3cccc(-c4ccn[nH]4)c3)CCCC2)cc(OCC(C)(C)NC(=O)c2nn(CC3(n4cc(Cl)c5cccnc54)CCCC3)cc(O)c2=O)c1=O. The van der Waals surface area contributed by atoms with Gasteiger partial charge in [0.1, 0.15) is 12.3 Å². The van der Waals surface area contributed by atoms with E-state index in [1.807, 2.05) is 41.1 Å². The largest absolute Gasteiger partial charge is 0.503 e. The number of aromatic nitrogens is 8. The lowest BCUT2D eigenvalue weighted by Crippen LogP contribution is -2.49. The summed E-state index contributed by atoms with van der Waals surface area (Å²) in [5, 5.41) is 33.5. The molecule has 8 rings (SSSR count). The summed E-state index contributed by atoms with van der Waals surface area (Å²) < 4.78 is 11.2. The number of nitrogens with one attached hydrogen (secondary N) is 3. The molecule has 0 aliphatic heterocycles. The van der Waals surface area contributed by atoms with Gasteiger partial charge in [-0.25, -0.2) is 4.98 Å². The first-order chi connectivity index (χ1) is 28.8. The lowest BCUT2D eigenvalue weighted by molar-refractivity contribution is 0.0868. The lowest BCUT2D eigenvalue weighted by atomic mass is 9.78. The number of hydrogen-bond acceptors (Lipinski definition) is 10. The number of carbonyl (C=O) groups excluding carboxylic acids is 2. The number of halogens is 1. The summed E-state index contributed by atoms with van der Waals surface area (Å²) in [7, 11) is 1.42. The average Bonchev–Trinajstić information content (AvgIpc) is 4.08. The number of benzene rings is 1. The molecule has 0 radical (unpaired) electrons. The molecule has 312 valence electrons. The highest BCUT2D eigenvalue weighted by atomic mass is 35.5. The number of fused-ring (bicyclic) bond motifs is 1. The smallest absolute Gasteiger partial charge is 0.276 e. The molecule has 0 unspecified atom stereocenters. The predicted octanol–water partition coefficient (Wildman–Crippen LogP) is 5.33. The molecule has 0 bridgehead atoms. The zero-order valence-corrected chi connectivity index (χ0v) is 34.5. The van der Waals surface area contributed by atoms with E-state index in [2.05, 4.69) is 48.1 Å². The molecule has 0 spiro atoms. The van der Waals surface area contributed by atoms with E-state index in [0.29, 0.717) is 17.2 Å². The number of rotatable bonds is 13. The summed E-state index contributed by atoms with van der Waals surface area (Å²) in [5.41, 5.74) is -0.786. The third kappa shape index (κ3) is 7.78. The minimum Gasteiger partial charge on any atom is -0.503 e. The van der Waals surface area contributed by atoms with Gasteiger partial charge in [0.05, 0.1) is 47.3 Å². The van der Waals surface area contributed by atoms with Crippen molar-refractivity contribution >= 4 is 34.4 Å². The maximum absolute atomic E-state index is 13.8. The normalized spacial score (nSPS) is 15.9. The zero-order valence-electron chi connectivity index (χ0n) is 33.7. The van der Waals surface area contributed by atoms with Gasteiger partial charge in [0.25, 0.3) is 22.7 Å². The monoisotopic (exact) mass is 834 g/mol. The van der Waals surface area contributed by atoms with Gasteiger partial charge in [-0.3, -0.25) is 33.6 Å². The number of ether oxygens (including phenoxy) is 1. The topological polar surface area (TPSA) is 204 Å². The molecule has 60 heavy (non-hydrogen) atoms. The van der Waals surface area contributed by atoms with Crippen LogP contribution in [0.15, 0.2) is 83.0 Å². The van der Waals surface area contributed by atoms with Crippen LogP contribution in [0.1, 0.15) is 91.8 Å². The van der Waals surface area contributed by atoms with Crippen molar-refractivity contribution in [3.63, 3.8) is 0 Å². The molecule has 2 aliphatic carbocycles. The standard InChI is InChI=1S/C43H47ClN10O6/c1-41(2,48-40(59)34-36(56)32(55)22-52(50-34)25-43(16-6-7-17-43)54-21-30(44)29-12-9-18-46-38(29)54)26-60-33-23-53(51-35(37(33)57)39(58)45-3)24-42(14-4-5-15-42)28-11-8-10-27(20-28)31-13-19-47-49-31/h8-13,18-23,55H,4-7,14-17,24-26H2,1-3H3,(H,45,58)(H,47,49)(H,48,59). The first kappa shape index (κ1) is 40.5. The fraction of sp³-hybridized carbons (Fsp3) is 0.395. The summed E-state index contributed by atoms with van der Waals surface area (Å²) in [6.45, 7) is 3.71. The quantitative estimate of drug-likeness (QED) is 0.118. The molecular formula is C43H47ClN10O6. The van der Waals surface area contributed by atoms with Crippen LogP contribution in [0.25, 0.3) is 22.3 Å². The van der Waals surface area contributed by atoms with Gasteiger partial charge in [-0.15, -0.1) is 0 Å². The van der Waals surface area contributed by atoms with E-state index in [1.54, 1.807) is 30.9 Å². The van der Waals surface area contributed by atoms with Crippen molar-refractivity contribution in [1.82, 2.24) is 49.9 Å². The van der Waals surface area contributed by atoms with Gasteiger partial charge in [0.15, 0.2) is 22.9 Å². The molecule has 6 aromatic rings. The Morgan fingerprint density at radius 2 is 1.62 bits per heavy atom. The van der Waals surface area contributed by atoms with Crippen molar-refractivity contribution in [3.05, 3.63) is 116 Å². The van der Waals surface area contributed by atoms with E-state index in [9.17, 15) is 24.3 Å². The van der Waals surface area contributed by atoms with Crippen molar-refractivity contribution in [3.8, 4) is 22.8 Å². The maximum atomic E-state index is 13.8. The summed E-state index contributed by atoms with van der Waals surface area (Å²) in [4.78, 5) is 58.2. The Labute approximate surface area is 349 Å². The minimum atomic E-state index is -1.17. The highest BCUT2D eigenvalue weighted by Gasteiger charge is 2.39. The number of pyridine rings is 1. The fourth-order valence-electron chi connectivity index (χ4n) is 8.90. The van der Waals surface area contributed by atoms with Gasteiger partial charge in [-0.1, -0.05) is 55.5 Å². The fourth-order valence-corrected chi connectivity index (χ4v) is 9.15. The van der Waals surface area contributed by atoms with Crippen LogP contribution in [0.5, 0.6) is 11.5 Å². The lowest BCUT2D eigenvalue weighted by Gasteiger charge is -2.32. The van der Waals surface area contributed by atoms with Crippen LogP contribution in [0.3, 0.4) is 0 Å². The molecule has 0 saturated heterocycles. The molecule has 2 aliphatic rings. The van der Waals surface area contributed by atoms with Crippen molar-refractivity contribution in [2.45, 2.75) is 94.8 Å². The third-order valence-electron chi connectivity index (χ3n) is 11.9. The maximum Gasteiger partial charge on any atom is 0.276 e. The average molecular weight is 835 g/mol. The second kappa shape index (κ2) is 16.0. The van der Waals surface area contributed by atoms with Crippen LogP contribution in [0.4, 0.5) is 0 Å². The van der Waals surface area contributed by atoms with Crippen LogP contribution < -0.4 is 26.2 Å². The predicted molar refractivity (Wildman–Crippen MR) is 224 cm³/mol. The summed E-state index contributed by atoms with van der Waals surface area (Å²) in [6, 6.07) is 13.9. The number of nitrogens with zero attached hydrogens (tertiary/aromatic N) is 7. The molecule has 17 heteroatoms. The zero-order chi connectivity index (χ0) is 42.2. The van der Waals surface area contributed by atoms with Gasteiger partial charge in [-0.2, -0.15) is 15.3 Å². The van der Waals surface area contributed by atoms with Crippen LogP contribution in [-0.2, 0) is 24.0 Å². The van der Waals surface area contributed by atoms with Gasteiger partial charge in [0, 0.05) is 36.4 Å². The molecule has 5 aromatic heterocycles. The molecule has 0 atom stereocenters. The van der Waals surface area contributed by atoms with Crippen LogP contribution in [-0.4, -0.2) is 75.4 Å². The van der Waals surface area contributed by atoms with E-state index in [-0.39, 0.29) is 30.0 Å². The second-order valence-corrected chi connectivity index (χ2v) is 17.1. The third-order valence-corrected chi connectivity index (χ3v) is 12.2. The van der Waals surface area contributed by atoms with Crippen molar-refractivity contribution < 1.29 is 19.4 Å². The first-order valence-electron chi connectivity index (χ1n) is 20.1. The molecule has 16 nitrogen and oxygen atoms in total. The number of aromatic hydroxyl groups is 1. The Bertz CT molecular complexity index is 2690. The molecule has 2 fully saturated rings. The molecular weight excluding hydrogens is 788 g/mol. The Kier molecular flexibility index (Phi) is 10.8. The van der Waals surface area contributed by atoms with Crippen LogP contribution in [0, 0.1) is 0 Å². The van der Waals surface area contributed by atoms with Crippen molar-refractivity contribution in [1.29, 1.82) is 0 Å². The number of amides is 2. The van der Waals surface area contributed by atoms with E-state index in [0.717, 1.165) is 73.6 Å². The Morgan fingerprint density at radius 3 is 2.33 bits per heavy atom. The molecule has 2 amide bonds. The Balaban J connectivity index is 1.03. The molecule has 4 N–H and O–H groups in total. The van der Waals surface area contributed by atoms with Gasteiger partial charge in [-0.05, 0) is 74.9 Å². The van der Waals surface area contributed by atoms with Gasteiger partial charge >= 0.3 is 0 Å². The van der Waals surface area contributed by atoms with E-state index in [1.165, 1.54) is 24.1 Å². The summed E-state index contributed by atoms with van der Waals surface area (Å²) in [6.07, 6.45) is 15.2. The number of H-pyrrole nitrogens is 1. The first-order valence-corrected chi connectivity index (χ1v) is 20.5. The van der Waals surface area contributed by atoms with Crippen LogP contribution >= 0.6 is 11.6 Å². The summed E-state index contributed by atoms with van der Waals surface area (Å²) in [5.74, 6) is -2.26.